The zero-order valence-corrected chi connectivity index (χ0v) is 17.9. The van der Waals surface area contributed by atoms with Crippen LogP contribution in [0, 0.1) is 23.2 Å². The molecule has 1 aromatic carbocycles. The molecular formula is C21H30BrNO3. The molecule has 1 amide bonds. The van der Waals surface area contributed by atoms with Crippen LogP contribution in [0.25, 0.3) is 0 Å². The fraction of sp³-hybridized carbons (Fsp3) is 0.667. The van der Waals surface area contributed by atoms with Gasteiger partial charge in [-0.05, 0) is 61.0 Å². The zero-order valence-electron chi connectivity index (χ0n) is 16.3. The summed E-state index contributed by atoms with van der Waals surface area (Å²) in [6.45, 7) is 11.1. The predicted molar refractivity (Wildman–Crippen MR) is 107 cm³/mol. The molecule has 2 fully saturated rings. The SMILES string of the molecule is Cc1c(Br)cccc1OCCC1(C(C)(C)C)CC12CCN(C(=O)O)CC2. The number of amides is 1. The molecule has 1 N–H and O–H groups in total. The number of rotatable bonds is 4. The van der Waals surface area contributed by atoms with E-state index in [1.54, 1.807) is 4.90 Å². The first-order valence-corrected chi connectivity index (χ1v) is 10.3. The van der Waals surface area contributed by atoms with E-state index in [9.17, 15) is 9.90 Å². The number of likely N-dealkylation sites (tertiary alicyclic amines) is 1. The number of nitrogens with zero attached hydrogens (tertiary/aromatic N) is 1. The third-order valence-corrected chi connectivity index (χ3v) is 7.82. The van der Waals surface area contributed by atoms with Crippen LogP contribution < -0.4 is 4.74 Å². The molecule has 2 aliphatic rings. The van der Waals surface area contributed by atoms with Gasteiger partial charge in [-0.2, -0.15) is 0 Å². The Kier molecular flexibility index (Phi) is 5.06. The molecule has 1 spiro atoms. The molecule has 144 valence electrons. The van der Waals surface area contributed by atoms with Gasteiger partial charge in [-0.15, -0.1) is 0 Å². The van der Waals surface area contributed by atoms with E-state index in [0.29, 0.717) is 19.7 Å². The van der Waals surface area contributed by atoms with Gasteiger partial charge < -0.3 is 14.7 Å². The standard InChI is InChI=1S/C21H30BrNO3/c1-15-16(22)6-5-7-17(15)26-13-10-21(19(2,3)4)14-20(21)8-11-23(12-9-20)18(24)25/h5-7H,8-14H2,1-4H3,(H,24,25). The highest BCUT2D eigenvalue weighted by atomic mass is 79.9. The number of hydrogen-bond acceptors (Lipinski definition) is 2. The molecule has 3 rings (SSSR count). The van der Waals surface area contributed by atoms with E-state index in [2.05, 4.69) is 43.6 Å². The van der Waals surface area contributed by atoms with Gasteiger partial charge in [-0.25, -0.2) is 4.79 Å². The Morgan fingerprint density at radius 3 is 2.54 bits per heavy atom. The van der Waals surface area contributed by atoms with Gasteiger partial charge in [-0.1, -0.05) is 42.8 Å². The van der Waals surface area contributed by atoms with Gasteiger partial charge in [0, 0.05) is 23.1 Å². The second-order valence-electron chi connectivity index (χ2n) is 9.02. The number of carboxylic acid groups (broad SMARTS) is 1. The molecule has 1 heterocycles. The lowest BCUT2D eigenvalue weighted by atomic mass is 9.68. The summed E-state index contributed by atoms with van der Waals surface area (Å²) in [6, 6.07) is 6.06. The molecule has 1 saturated carbocycles. The maximum atomic E-state index is 11.2. The lowest BCUT2D eigenvalue weighted by Gasteiger charge is -2.40. The Hall–Kier alpha value is -1.23. The van der Waals surface area contributed by atoms with Crippen LogP contribution in [0.1, 0.15) is 52.0 Å². The predicted octanol–water partition coefficient (Wildman–Crippen LogP) is 5.72. The van der Waals surface area contributed by atoms with Gasteiger partial charge in [0.25, 0.3) is 0 Å². The number of ether oxygens (including phenoxy) is 1. The van der Waals surface area contributed by atoms with Gasteiger partial charge in [0.05, 0.1) is 6.61 Å². The Morgan fingerprint density at radius 2 is 1.96 bits per heavy atom. The molecular weight excluding hydrogens is 394 g/mol. The summed E-state index contributed by atoms with van der Waals surface area (Å²) >= 11 is 3.56. The molecule has 1 saturated heterocycles. The van der Waals surface area contributed by atoms with Crippen molar-refractivity contribution in [3.05, 3.63) is 28.2 Å². The van der Waals surface area contributed by atoms with Crippen LogP contribution in [0.3, 0.4) is 0 Å². The smallest absolute Gasteiger partial charge is 0.407 e. The van der Waals surface area contributed by atoms with Crippen LogP contribution in [0.15, 0.2) is 22.7 Å². The van der Waals surface area contributed by atoms with Crippen LogP contribution in [-0.4, -0.2) is 35.8 Å². The van der Waals surface area contributed by atoms with E-state index in [4.69, 9.17) is 4.74 Å². The van der Waals surface area contributed by atoms with Crippen molar-refractivity contribution in [3.8, 4) is 5.75 Å². The molecule has 1 aromatic rings. The van der Waals surface area contributed by atoms with Crippen molar-refractivity contribution in [1.82, 2.24) is 4.90 Å². The summed E-state index contributed by atoms with van der Waals surface area (Å²) in [4.78, 5) is 12.8. The summed E-state index contributed by atoms with van der Waals surface area (Å²) in [5, 5.41) is 9.24. The highest BCUT2D eigenvalue weighted by molar-refractivity contribution is 9.10. The molecule has 1 aliphatic carbocycles. The average Bonchev–Trinajstić information content (AvgIpc) is 3.19. The first kappa shape index (κ1) is 19.5. The Bertz CT molecular complexity index is 689. The number of carbonyl (C=O) groups is 1. The fourth-order valence-corrected chi connectivity index (χ4v) is 5.53. The molecule has 0 bridgehead atoms. The summed E-state index contributed by atoms with van der Waals surface area (Å²) in [7, 11) is 0. The van der Waals surface area contributed by atoms with Gasteiger partial charge in [-0.3, -0.25) is 0 Å². The fourth-order valence-electron chi connectivity index (χ4n) is 5.18. The quantitative estimate of drug-likeness (QED) is 0.672. The lowest BCUT2D eigenvalue weighted by Crippen LogP contribution is -2.42. The molecule has 5 heteroatoms. The summed E-state index contributed by atoms with van der Waals surface area (Å²) < 4.78 is 7.22. The second-order valence-corrected chi connectivity index (χ2v) is 9.87. The van der Waals surface area contributed by atoms with E-state index in [1.165, 1.54) is 6.42 Å². The van der Waals surface area contributed by atoms with E-state index in [-0.39, 0.29) is 16.2 Å². The van der Waals surface area contributed by atoms with Crippen LogP contribution in [0.4, 0.5) is 4.79 Å². The van der Waals surface area contributed by atoms with E-state index < -0.39 is 6.09 Å². The van der Waals surface area contributed by atoms with Crippen molar-refractivity contribution < 1.29 is 14.6 Å². The maximum absolute atomic E-state index is 11.2. The van der Waals surface area contributed by atoms with Crippen LogP contribution in [0.2, 0.25) is 0 Å². The second kappa shape index (κ2) is 6.74. The van der Waals surface area contributed by atoms with E-state index in [0.717, 1.165) is 35.0 Å². The monoisotopic (exact) mass is 423 g/mol. The minimum atomic E-state index is -0.782. The number of halogens is 1. The topological polar surface area (TPSA) is 49.8 Å². The lowest BCUT2D eigenvalue weighted by molar-refractivity contribution is 0.0658. The van der Waals surface area contributed by atoms with Gasteiger partial charge in [0.2, 0.25) is 0 Å². The van der Waals surface area contributed by atoms with Crippen molar-refractivity contribution >= 4 is 22.0 Å². The molecule has 1 atom stereocenters. The van der Waals surface area contributed by atoms with E-state index in [1.807, 2.05) is 18.2 Å². The van der Waals surface area contributed by atoms with Crippen LogP contribution >= 0.6 is 15.9 Å². The largest absolute Gasteiger partial charge is 0.493 e. The van der Waals surface area contributed by atoms with Crippen molar-refractivity contribution in [1.29, 1.82) is 0 Å². The number of hydrogen-bond donors (Lipinski definition) is 1. The highest BCUT2D eigenvalue weighted by Crippen LogP contribution is 2.77. The molecule has 4 nitrogen and oxygen atoms in total. The Labute approximate surface area is 165 Å². The first-order chi connectivity index (χ1) is 12.1. The maximum Gasteiger partial charge on any atom is 0.407 e. The van der Waals surface area contributed by atoms with Crippen molar-refractivity contribution in [3.63, 3.8) is 0 Å². The Balaban J connectivity index is 1.67. The first-order valence-electron chi connectivity index (χ1n) is 9.48. The average molecular weight is 424 g/mol. The van der Waals surface area contributed by atoms with Crippen molar-refractivity contribution in [2.75, 3.05) is 19.7 Å². The molecule has 0 radical (unpaired) electrons. The molecule has 0 aromatic heterocycles. The summed E-state index contributed by atoms with van der Waals surface area (Å²) in [5.74, 6) is 0.943. The summed E-state index contributed by atoms with van der Waals surface area (Å²) in [5.41, 5.74) is 1.85. The third kappa shape index (κ3) is 3.23. The van der Waals surface area contributed by atoms with Crippen LogP contribution in [0.5, 0.6) is 5.75 Å². The van der Waals surface area contributed by atoms with E-state index >= 15 is 0 Å². The van der Waals surface area contributed by atoms with Gasteiger partial charge >= 0.3 is 6.09 Å². The number of piperidine rings is 1. The minimum absolute atomic E-state index is 0.189. The van der Waals surface area contributed by atoms with Gasteiger partial charge in [0.15, 0.2) is 0 Å². The number of benzene rings is 1. The highest BCUT2D eigenvalue weighted by Gasteiger charge is 2.71. The summed E-state index contributed by atoms with van der Waals surface area (Å²) in [6.07, 6.45) is 3.39. The molecule has 1 aliphatic heterocycles. The minimum Gasteiger partial charge on any atom is -0.493 e. The van der Waals surface area contributed by atoms with Gasteiger partial charge in [0.1, 0.15) is 5.75 Å². The van der Waals surface area contributed by atoms with Crippen LogP contribution in [-0.2, 0) is 0 Å². The zero-order chi connectivity index (χ0) is 19.2. The molecule has 26 heavy (non-hydrogen) atoms. The van der Waals surface area contributed by atoms with Crippen molar-refractivity contribution in [2.24, 2.45) is 16.2 Å². The van der Waals surface area contributed by atoms with Crippen molar-refractivity contribution in [2.45, 2.75) is 53.4 Å². The molecule has 1 unspecified atom stereocenters. The third-order valence-electron chi connectivity index (χ3n) is 6.96. The normalized spacial score (nSPS) is 24.6. The Morgan fingerprint density at radius 1 is 1.31 bits per heavy atom.